The van der Waals surface area contributed by atoms with Crippen LogP contribution in [0.3, 0.4) is 0 Å². The number of rotatable bonds is 3. The van der Waals surface area contributed by atoms with Gasteiger partial charge in [-0.15, -0.1) is 0 Å². The number of halogens is 1. The van der Waals surface area contributed by atoms with Gasteiger partial charge in [-0.2, -0.15) is 5.26 Å². The molecule has 2 rings (SSSR count). The summed E-state index contributed by atoms with van der Waals surface area (Å²) in [7, 11) is 0. The van der Waals surface area contributed by atoms with Crippen molar-refractivity contribution in [2.24, 2.45) is 5.41 Å². The van der Waals surface area contributed by atoms with Gasteiger partial charge in [0.2, 0.25) is 0 Å². The van der Waals surface area contributed by atoms with Crippen LogP contribution in [0.2, 0.25) is 5.02 Å². The third kappa shape index (κ3) is 3.45. The number of hydrogen-bond acceptors (Lipinski definition) is 3. The maximum Gasteiger partial charge on any atom is 0.103 e. The zero-order valence-corrected chi connectivity index (χ0v) is 12.8. The Balaban J connectivity index is 2.03. The van der Waals surface area contributed by atoms with Crippen LogP contribution < -0.4 is 5.32 Å². The average Bonchev–Trinajstić information content (AvgIpc) is 2.41. The molecule has 0 atom stereocenters. The second-order valence-corrected chi connectivity index (χ2v) is 6.92. The van der Waals surface area contributed by atoms with Gasteiger partial charge in [-0.1, -0.05) is 31.5 Å². The van der Waals surface area contributed by atoms with Gasteiger partial charge < -0.3 is 10.4 Å². The van der Waals surface area contributed by atoms with Gasteiger partial charge in [0.1, 0.15) is 6.07 Å². The van der Waals surface area contributed by atoms with E-state index >= 15 is 0 Å². The summed E-state index contributed by atoms with van der Waals surface area (Å²) in [5.41, 5.74) is 0.761. The number of anilines is 1. The zero-order valence-electron chi connectivity index (χ0n) is 12.0. The molecule has 0 bridgehead atoms. The molecular formula is C16H21ClN2O. The van der Waals surface area contributed by atoms with Crippen LogP contribution in [0.5, 0.6) is 0 Å². The molecule has 1 aliphatic carbocycles. The Bertz CT molecular complexity index is 524. The van der Waals surface area contributed by atoms with Gasteiger partial charge in [0, 0.05) is 6.54 Å². The van der Waals surface area contributed by atoms with Crippen molar-refractivity contribution in [3.05, 3.63) is 28.8 Å². The van der Waals surface area contributed by atoms with Gasteiger partial charge in [-0.3, -0.25) is 0 Å². The van der Waals surface area contributed by atoms with E-state index in [9.17, 15) is 5.11 Å². The maximum absolute atomic E-state index is 10.6. The first-order valence-electron chi connectivity index (χ1n) is 7.00. The Morgan fingerprint density at radius 2 is 1.95 bits per heavy atom. The van der Waals surface area contributed by atoms with E-state index in [1.165, 1.54) is 0 Å². The molecule has 0 saturated heterocycles. The number of benzene rings is 1. The highest BCUT2D eigenvalue weighted by Gasteiger charge is 2.36. The minimum Gasteiger partial charge on any atom is -0.388 e. The smallest absolute Gasteiger partial charge is 0.103 e. The number of nitriles is 1. The van der Waals surface area contributed by atoms with E-state index in [-0.39, 0.29) is 0 Å². The first-order valence-corrected chi connectivity index (χ1v) is 7.38. The lowest BCUT2D eigenvalue weighted by Crippen LogP contribution is -2.42. The fourth-order valence-electron chi connectivity index (χ4n) is 2.61. The van der Waals surface area contributed by atoms with Crippen LogP contribution in [0.25, 0.3) is 0 Å². The molecule has 0 radical (unpaired) electrons. The van der Waals surface area contributed by atoms with Crippen molar-refractivity contribution < 1.29 is 5.11 Å². The van der Waals surface area contributed by atoms with Crippen LogP contribution in [-0.2, 0) is 0 Å². The van der Waals surface area contributed by atoms with E-state index in [4.69, 9.17) is 16.9 Å². The molecule has 0 unspecified atom stereocenters. The Labute approximate surface area is 125 Å². The largest absolute Gasteiger partial charge is 0.388 e. The first-order chi connectivity index (χ1) is 9.35. The molecule has 1 fully saturated rings. The molecule has 4 heteroatoms. The molecule has 0 heterocycles. The van der Waals surface area contributed by atoms with E-state index in [1.807, 2.05) is 6.07 Å². The van der Waals surface area contributed by atoms with Crippen molar-refractivity contribution >= 4 is 17.3 Å². The molecule has 2 N–H and O–H groups in total. The lowest BCUT2D eigenvalue weighted by atomic mass is 9.71. The van der Waals surface area contributed by atoms with Crippen molar-refractivity contribution in [1.29, 1.82) is 5.26 Å². The normalized spacial score (nSPS) is 20.1. The number of hydrogen-bond donors (Lipinski definition) is 2. The highest BCUT2D eigenvalue weighted by Crippen LogP contribution is 2.40. The predicted octanol–water partition coefficient (Wildman–Crippen LogP) is 3.95. The van der Waals surface area contributed by atoms with E-state index < -0.39 is 5.60 Å². The minimum atomic E-state index is -0.690. The highest BCUT2D eigenvalue weighted by atomic mass is 35.5. The predicted molar refractivity (Wildman–Crippen MR) is 81.9 cm³/mol. The first kappa shape index (κ1) is 15.2. The Kier molecular flexibility index (Phi) is 4.27. The van der Waals surface area contributed by atoms with Gasteiger partial charge in [0.05, 0.1) is 21.9 Å². The number of aliphatic hydroxyl groups is 1. The summed E-state index contributed by atoms with van der Waals surface area (Å²) in [6.07, 6.45) is 3.61. The van der Waals surface area contributed by atoms with Crippen LogP contribution in [0.4, 0.5) is 5.69 Å². The highest BCUT2D eigenvalue weighted by molar-refractivity contribution is 6.32. The molecule has 1 saturated carbocycles. The molecule has 0 spiro atoms. The molecule has 20 heavy (non-hydrogen) atoms. The lowest BCUT2D eigenvalue weighted by molar-refractivity contribution is -0.0145. The zero-order chi connectivity index (χ0) is 14.8. The fraction of sp³-hybridized carbons (Fsp3) is 0.562. The van der Waals surface area contributed by atoms with Crippen LogP contribution in [0.15, 0.2) is 18.2 Å². The summed E-state index contributed by atoms with van der Waals surface area (Å²) >= 11 is 6.00. The van der Waals surface area contributed by atoms with Gasteiger partial charge >= 0.3 is 0 Å². The summed E-state index contributed by atoms with van der Waals surface area (Å²) in [5, 5.41) is 23.4. The van der Waals surface area contributed by atoms with Crippen LogP contribution in [0.1, 0.15) is 45.1 Å². The standard InChI is InChI=1S/C16H21ClN2O/c1-15(2)6-8-16(20,9-7-15)11-19-14-5-3-4-13(17)12(14)10-18/h3-5,19-20H,6-9,11H2,1-2H3. The molecule has 1 aromatic carbocycles. The van der Waals surface area contributed by atoms with Gasteiger partial charge in [-0.05, 0) is 43.2 Å². The Morgan fingerprint density at radius 3 is 2.55 bits per heavy atom. The minimum absolute atomic E-state index is 0.320. The SMILES string of the molecule is CC1(C)CCC(O)(CNc2cccc(Cl)c2C#N)CC1. The third-order valence-electron chi connectivity index (χ3n) is 4.27. The van der Waals surface area contributed by atoms with Gasteiger partial charge in [-0.25, -0.2) is 0 Å². The van der Waals surface area contributed by atoms with Crippen molar-refractivity contribution in [3.8, 4) is 6.07 Å². The van der Waals surface area contributed by atoms with Crippen LogP contribution in [0, 0.1) is 16.7 Å². The van der Waals surface area contributed by atoms with Gasteiger partial charge in [0.15, 0.2) is 0 Å². The third-order valence-corrected chi connectivity index (χ3v) is 4.58. The topological polar surface area (TPSA) is 56.0 Å². The van der Waals surface area contributed by atoms with Crippen LogP contribution >= 0.6 is 11.6 Å². The van der Waals surface area contributed by atoms with E-state index in [0.29, 0.717) is 28.2 Å². The Morgan fingerprint density at radius 1 is 1.30 bits per heavy atom. The van der Waals surface area contributed by atoms with E-state index in [0.717, 1.165) is 25.7 Å². The molecule has 1 aliphatic rings. The summed E-state index contributed by atoms with van der Waals surface area (Å²) in [4.78, 5) is 0. The van der Waals surface area contributed by atoms with Crippen molar-refractivity contribution in [1.82, 2.24) is 0 Å². The molecule has 1 aromatic rings. The summed E-state index contributed by atoms with van der Waals surface area (Å²) < 4.78 is 0. The molecule has 0 amide bonds. The molecule has 108 valence electrons. The van der Waals surface area contributed by atoms with Crippen molar-refractivity contribution in [2.75, 3.05) is 11.9 Å². The van der Waals surface area contributed by atoms with Crippen LogP contribution in [-0.4, -0.2) is 17.3 Å². The second kappa shape index (κ2) is 5.63. The van der Waals surface area contributed by atoms with E-state index in [2.05, 4.69) is 25.2 Å². The summed E-state index contributed by atoms with van der Waals surface area (Å²) in [6, 6.07) is 7.42. The fourth-order valence-corrected chi connectivity index (χ4v) is 2.83. The number of nitrogens with one attached hydrogen (secondary N) is 1. The second-order valence-electron chi connectivity index (χ2n) is 6.52. The lowest BCUT2D eigenvalue weighted by Gasteiger charge is -2.40. The quantitative estimate of drug-likeness (QED) is 0.887. The van der Waals surface area contributed by atoms with Crippen molar-refractivity contribution in [2.45, 2.75) is 45.1 Å². The Hall–Kier alpha value is -1.24. The number of nitrogens with zero attached hydrogens (tertiary/aromatic N) is 1. The summed E-state index contributed by atoms with van der Waals surface area (Å²) in [5.74, 6) is 0. The maximum atomic E-state index is 10.6. The summed E-state index contributed by atoms with van der Waals surface area (Å²) in [6.45, 7) is 4.94. The molecule has 3 nitrogen and oxygen atoms in total. The molecule has 0 aliphatic heterocycles. The average molecular weight is 293 g/mol. The monoisotopic (exact) mass is 292 g/mol. The van der Waals surface area contributed by atoms with E-state index in [1.54, 1.807) is 12.1 Å². The molecular weight excluding hydrogens is 272 g/mol. The van der Waals surface area contributed by atoms with Gasteiger partial charge in [0.25, 0.3) is 0 Å². The van der Waals surface area contributed by atoms with Crippen molar-refractivity contribution in [3.63, 3.8) is 0 Å². The molecule has 0 aromatic heterocycles.